The van der Waals surface area contributed by atoms with Crippen molar-refractivity contribution in [3.8, 4) is 11.4 Å². The van der Waals surface area contributed by atoms with Crippen molar-refractivity contribution in [3.05, 3.63) is 47.5 Å². The molecule has 1 aromatic carbocycles. The molecule has 0 saturated heterocycles. The number of halogens is 1. The van der Waals surface area contributed by atoms with Gasteiger partial charge in [0.25, 0.3) is 0 Å². The highest BCUT2D eigenvalue weighted by Crippen LogP contribution is 2.21. The Hall–Kier alpha value is -2.07. The van der Waals surface area contributed by atoms with Gasteiger partial charge in [0.2, 0.25) is 0 Å². The minimum absolute atomic E-state index is 0.470. The van der Waals surface area contributed by atoms with E-state index < -0.39 is 0 Å². The fraction of sp³-hybridized carbons (Fsp3) is 0.200. The van der Waals surface area contributed by atoms with E-state index in [2.05, 4.69) is 26.9 Å². The van der Waals surface area contributed by atoms with E-state index in [0.29, 0.717) is 11.0 Å². The second-order valence-electron chi connectivity index (χ2n) is 4.52. The Kier molecular flexibility index (Phi) is 3.56. The number of aromatic nitrogens is 4. The van der Waals surface area contributed by atoms with Gasteiger partial charge in [0.1, 0.15) is 5.15 Å². The molecule has 4 nitrogen and oxygen atoms in total. The molecule has 2 aromatic heterocycles. The Morgan fingerprint density at radius 2 is 1.80 bits per heavy atom. The second kappa shape index (κ2) is 5.51. The molecule has 3 aromatic rings. The van der Waals surface area contributed by atoms with Gasteiger partial charge in [0.15, 0.2) is 5.82 Å². The Morgan fingerprint density at radius 3 is 2.60 bits per heavy atom. The van der Waals surface area contributed by atoms with E-state index in [1.807, 2.05) is 24.3 Å². The van der Waals surface area contributed by atoms with Crippen LogP contribution in [0.5, 0.6) is 0 Å². The zero-order chi connectivity index (χ0) is 13.9. The van der Waals surface area contributed by atoms with Gasteiger partial charge in [-0.15, -0.1) is 0 Å². The van der Waals surface area contributed by atoms with Gasteiger partial charge in [-0.05, 0) is 30.7 Å². The van der Waals surface area contributed by atoms with Gasteiger partial charge in [-0.1, -0.05) is 24.9 Å². The molecule has 0 bridgehead atoms. The van der Waals surface area contributed by atoms with Crippen LogP contribution < -0.4 is 0 Å². The fourth-order valence-corrected chi connectivity index (χ4v) is 2.29. The molecule has 0 saturated carbocycles. The first kappa shape index (κ1) is 12.9. The van der Waals surface area contributed by atoms with E-state index in [1.165, 1.54) is 0 Å². The minimum atomic E-state index is 0.470. The average molecular weight is 285 g/mol. The van der Waals surface area contributed by atoms with Crippen molar-refractivity contribution in [1.29, 1.82) is 0 Å². The number of hydrogen-bond acceptors (Lipinski definition) is 4. The van der Waals surface area contributed by atoms with Crippen molar-refractivity contribution in [2.45, 2.75) is 19.8 Å². The molecule has 0 aliphatic carbocycles. The van der Waals surface area contributed by atoms with E-state index in [-0.39, 0.29) is 0 Å². The smallest absolute Gasteiger partial charge is 0.161 e. The maximum Gasteiger partial charge on any atom is 0.161 e. The summed E-state index contributed by atoms with van der Waals surface area (Å²) in [6.45, 7) is 2.11. The first-order valence-corrected chi connectivity index (χ1v) is 6.88. The van der Waals surface area contributed by atoms with Gasteiger partial charge < -0.3 is 0 Å². The Bertz CT molecular complexity index is 758. The molecule has 0 aliphatic rings. The summed E-state index contributed by atoms with van der Waals surface area (Å²) in [6, 6.07) is 7.61. The third-order valence-corrected chi connectivity index (χ3v) is 3.18. The van der Waals surface area contributed by atoms with Crippen molar-refractivity contribution < 1.29 is 0 Å². The van der Waals surface area contributed by atoms with Gasteiger partial charge in [-0.25, -0.2) is 9.97 Å². The van der Waals surface area contributed by atoms with Crippen LogP contribution in [0.25, 0.3) is 22.4 Å². The fourth-order valence-electron chi connectivity index (χ4n) is 2.08. The van der Waals surface area contributed by atoms with E-state index in [4.69, 9.17) is 11.6 Å². The van der Waals surface area contributed by atoms with Crippen LogP contribution in [0.3, 0.4) is 0 Å². The molecule has 0 spiro atoms. The monoisotopic (exact) mass is 284 g/mol. The lowest BCUT2D eigenvalue weighted by atomic mass is 10.1. The van der Waals surface area contributed by atoms with E-state index in [1.54, 1.807) is 12.4 Å². The number of aryl methyl sites for hydroxylation is 1. The molecule has 0 aliphatic heterocycles. The molecule has 0 fully saturated rings. The van der Waals surface area contributed by atoms with Crippen LogP contribution in [-0.2, 0) is 6.42 Å². The van der Waals surface area contributed by atoms with E-state index in [9.17, 15) is 0 Å². The van der Waals surface area contributed by atoms with Crippen molar-refractivity contribution in [3.63, 3.8) is 0 Å². The Balaban J connectivity index is 2.10. The molecule has 100 valence electrons. The van der Waals surface area contributed by atoms with Gasteiger partial charge in [0, 0.05) is 23.7 Å². The summed E-state index contributed by atoms with van der Waals surface area (Å²) in [4.78, 5) is 17.4. The minimum Gasteiger partial charge on any atom is -0.253 e. The quantitative estimate of drug-likeness (QED) is 0.688. The topological polar surface area (TPSA) is 51.6 Å². The SMILES string of the molecule is CCCc1cc(Cl)nc(-c2ccc3nccnc3c2)n1. The molecular weight excluding hydrogens is 272 g/mol. The summed E-state index contributed by atoms with van der Waals surface area (Å²) in [5.41, 5.74) is 3.54. The maximum absolute atomic E-state index is 6.07. The number of benzene rings is 1. The number of hydrogen-bond donors (Lipinski definition) is 0. The molecule has 2 heterocycles. The Labute approximate surface area is 121 Å². The largest absolute Gasteiger partial charge is 0.253 e. The van der Waals surface area contributed by atoms with Crippen molar-refractivity contribution in [1.82, 2.24) is 19.9 Å². The molecule has 0 radical (unpaired) electrons. The van der Waals surface area contributed by atoms with Gasteiger partial charge in [0.05, 0.1) is 11.0 Å². The highest BCUT2D eigenvalue weighted by molar-refractivity contribution is 6.29. The van der Waals surface area contributed by atoms with E-state index in [0.717, 1.165) is 35.1 Å². The first-order valence-electron chi connectivity index (χ1n) is 6.51. The molecule has 0 atom stereocenters. The first-order chi connectivity index (χ1) is 9.76. The summed E-state index contributed by atoms with van der Waals surface area (Å²) in [5, 5.41) is 0.470. The lowest BCUT2D eigenvalue weighted by Crippen LogP contribution is -1.96. The van der Waals surface area contributed by atoms with Crippen molar-refractivity contribution in [2.24, 2.45) is 0 Å². The predicted molar refractivity (Wildman–Crippen MR) is 79.6 cm³/mol. The Morgan fingerprint density at radius 1 is 1.00 bits per heavy atom. The molecule has 0 amide bonds. The average Bonchev–Trinajstić information content (AvgIpc) is 2.46. The van der Waals surface area contributed by atoms with E-state index >= 15 is 0 Å². The van der Waals surface area contributed by atoms with Gasteiger partial charge in [-0.2, -0.15) is 0 Å². The van der Waals surface area contributed by atoms with Crippen molar-refractivity contribution >= 4 is 22.6 Å². The molecule has 20 heavy (non-hydrogen) atoms. The van der Waals surface area contributed by atoms with Crippen molar-refractivity contribution in [2.75, 3.05) is 0 Å². The van der Waals surface area contributed by atoms with Crippen LogP contribution in [-0.4, -0.2) is 19.9 Å². The highest BCUT2D eigenvalue weighted by Gasteiger charge is 2.07. The van der Waals surface area contributed by atoms with Crippen LogP contribution in [0.15, 0.2) is 36.7 Å². The molecule has 5 heteroatoms. The molecule has 0 unspecified atom stereocenters. The number of nitrogens with zero attached hydrogens (tertiary/aromatic N) is 4. The third-order valence-electron chi connectivity index (χ3n) is 2.98. The summed E-state index contributed by atoms with van der Waals surface area (Å²) in [6.07, 6.45) is 5.27. The predicted octanol–water partition coefficient (Wildman–Crippen LogP) is 3.69. The lowest BCUT2D eigenvalue weighted by molar-refractivity contribution is 0.875. The zero-order valence-electron chi connectivity index (χ0n) is 11.0. The molecule has 3 rings (SSSR count). The third kappa shape index (κ3) is 2.60. The summed E-state index contributed by atoms with van der Waals surface area (Å²) in [5.74, 6) is 0.633. The van der Waals surface area contributed by atoms with Crippen LogP contribution in [0.1, 0.15) is 19.0 Å². The maximum atomic E-state index is 6.07. The summed E-state index contributed by atoms with van der Waals surface area (Å²) in [7, 11) is 0. The molecular formula is C15H13ClN4. The number of fused-ring (bicyclic) bond motifs is 1. The zero-order valence-corrected chi connectivity index (χ0v) is 11.8. The normalized spacial score (nSPS) is 10.9. The standard InChI is InChI=1S/C15H13ClN4/c1-2-3-11-9-14(16)20-15(19-11)10-4-5-12-13(8-10)18-7-6-17-12/h4-9H,2-3H2,1H3. The van der Waals surface area contributed by atoms with Crippen LogP contribution in [0.4, 0.5) is 0 Å². The molecule has 0 N–H and O–H groups in total. The lowest BCUT2D eigenvalue weighted by Gasteiger charge is -2.05. The summed E-state index contributed by atoms with van der Waals surface area (Å²) < 4.78 is 0. The van der Waals surface area contributed by atoms with Crippen LogP contribution >= 0.6 is 11.6 Å². The van der Waals surface area contributed by atoms with Crippen LogP contribution in [0.2, 0.25) is 5.15 Å². The second-order valence-corrected chi connectivity index (χ2v) is 4.90. The van der Waals surface area contributed by atoms with Crippen LogP contribution in [0, 0.1) is 0 Å². The number of rotatable bonds is 3. The highest BCUT2D eigenvalue weighted by atomic mass is 35.5. The summed E-state index contributed by atoms with van der Waals surface area (Å²) >= 11 is 6.07. The van der Waals surface area contributed by atoms with Gasteiger partial charge in [-0.3, -0.25) is 9.97 Å². The van der Waals surface area contributed by atoms with Gasteiger partial charge >= 0.3 is 0 Å².